The molecule has 0 fully saturated rings. The van der Waals surface area contributed by atoms with E-state index in [2.05, 4.69) is 15.9 Å². The van der Waals surface area contributed by atoms with Crippen molar-refractivity contribution in [3.8, 4) is 0 Å². The van der Waals surface area contributed by atoms with Crippen molar-refractivity contribution in [1.29, 1.82) is 0 Å². The smallest absolute Gasteiger partial charge is 0.0154 e. The monoisotopic (exact) mass is 159 g/mol. The summed E-state index contributed by atoms with van der Waals surface area (Å²) in [4.78, 5) is 0. The molecule has 0 aliphatic rings. The Labute approximate surface area is 46.5 Å². The Morgan fingerprint density at radius 2 is 1.80 bits per heavy atom. The van der Waals surface area contributed by atoms with Gasteiger partial charge in [0.15, 0.2) is 0 Å². The predicted octanol–water partition coefficient (Wildman–Crippen LogP) is 0.762. The normalized spacial score (nSPS) is 6.00. The number of hydrogen-bond acceptors (Lipinski definition) is 1. The number of nitrogens with two attached hydrogens (primary N) is 1. The van der Waals surface area contributed by atoms with E-state index in [1.54, 1.807) is 0 Å². The van der Waals surface area contributed by atoms with Crippen LogP contribution in [0.4, 0.5) is 0 Å². The minimum Gasteiger partial charge on any atom is -0.330 e. The number of halogens is 2. The summed E-state index contributed by atoms with van der Waals surface area (Å²) >= 11 is 3.12. The lowest BCUT2D eigenvalue weighted by Gasteiger charge is -1.68. The molecule has 0 radical (unpaired) electrons. The van der Waals surface area contributed by atoms with Crippen LogP contribution in [-0.4, -0.2) is 11.9 Å². The van der Waals surface area contributed by atoms with E-state index in [1.165, 1.54) is 0 Å². The van der Waals surface area contributed by atoms with Crippen LogP contribution in [-0.2, 0) is 0 Å². The van der Waals surface area contributed by atoms with Crippen LogP contribution in [0.2, 0.25) is 0 Å². The summed E-state index contributed by atoms with van der Waals surface area (Å²) in [6, 6.07) is 0. The van der Waals surface area contributed by atoms with Crippen LogP contribution in [0.5, 0.6) is 0 Å². The van der Waals surface area contributed by atoms with E-state index in [-0.39, 0.29) is 12.4 Å². The topological polar surface area (TPSA) is 26.0 Å². The van der Waals surface area contributed by atoms with E-state index in [0.29, 0.717) is 0 Å². The molecule has 0 aromatic carbocycles. The van der Waals surface area contributed by atoms with Gasteiger partial charge in [-0.2, -0.15) is 0 Å². The largest absolute Gasteiger partial charge is 0.330 e. The van der Waals surface area contributed by atoms with Gasteiger partial charge in [-0.1, -0.05) is 15.9 Å². The van der Waals surface area contributed by atoms with Crippen molar-refractivity contribution >= 4 is 28.3 Å². The molecular weight excluding hydrogens is 153 g/mol. The molecule has 0 amide bonds. The molecule has 0 aromatic heterocycles. The van der Waals surface area contributed by atoms with E-state index in [9.17, 15) is 0 Å². The van der Waals surface area contributed by atoms with E-state index >= 15 is 0 Å². The SMILES string of the molecule is Cl.NCCBr. The second kappa shape index (κ2) is 8.83. The molecule has 0 bridgehead atoms. The van der Waals surface area contributed by atoms with Gasteiger partial charge < -0.3 is 5.73 Å². The molecule has 0 saturated carbocycles. The van der Waals surface area contributed by atoms with Gasteiger partial charge in [0.2, 0.25) is 0 Å². The molecule has 0 atom stereocenters. The van der Waals surface area contributed by atoms with Gasteiger partial charge in [0.25, 0.3) is 0 Å². The zero-order chi connectivity index (χ0) is 3.41. The predicted molar refractivity (Wildman–Crippen MR) is 30.1 cm³/mol. The summed E-state index contributed by atoms with van der Waals surface area (Å²) in [6.45, 7) is 0.736. The Morgan fingerprint density at radius 1 is 1.60 bits per heavy atom. The van der Waals surface area contributed by atoms with Crippen LogP contribution in [0.3, 0.4) is 0 Å². The highest BCUT2D eigenvalue weighted by atomic mass is 79.9. The van der Waals surface area contributed by atoms with Gasteiger partial charge in [-0.05, 0) is 0 Å². The number of rotatable bonds is 1. The Hall–Kier alpha value is 0.730. The van der Waals surface area contributed by atoms with Gasteiger partial charge in [0.05, 0.1) is 0 Å². The Balaban J connectivity index is 0. The summed E-state index contributed by atoms with van der Waals surface area (Å²) in [5.74, 6) is 0. The average Bonchev–Trinajstić information content (AvgIpc) is 1.37. The van der Waals surface area contributed by atoms with Crippen molar-refractivity contribution in [2.24, 2.45) is 5.73 Å². The summed E-state index contributed by atoms with van der Waals surface area (Å²) in [5, 5.41) is 0.910. The Morgan fingerprint density at radius 3 is 1.80 bits per heavy atom. The van der Waals surface area contributed by atoms with E-state index < -0.39 is 0 Å². The third-order valence-corrected chi connectivity index (χ3v) is 0.567. The lowest BCUT2D eigenvalue weighted by molar-refractivity contribution is 1.16. The van der Waals surface area contributed by atoms with Gasteiger partial charge in [-0.15, -0.1) is 12.4 Å². The average molecular weight is 160 g/mol. The van der Waals surface area contributed by atoms with E-state index in [1.807, 2.05) is 0 Å². The fraction of sp³-hybridized carbons (Fsp3) is 1.00. The third kappa shape index (κ3) is 11.8. The maximum atomic E-state index is 4.98. The lowest BCUT2D eigenvalue weighted by atomic mass is 10.8. The van der Waals surface area contributed by atoms with E-state index in [4.69, 9.17) is 5.73 Å². The van der Waals surface area contributed by atoms with Crippen LogP contribution in [0, 0.1) is 0 Å². The fourth-order valence-electron chi connectivity index (χ4n) is 0. The second-order valence-electron chi connectivity index (χ2n) is 0.478. The molecule has 0 heterocycles. The number of hydrogen-bond donors (Lipinski definition) is 1. The fourth-order valence-corrected chi connectivity index (χ4v) is 0. The molecule has 2 N–H and O–H groups in total. The first kappa shape index (κ1) is 9.21. The third-order valence-electron chi connectivity index (χ3n) is 0.109. The first-order valence-electron chi connectivity index (χ1n) is 1.18. The molecular formula is C2H7BrClN. The standard InChI is InChI=1S/C2H6BrN.ClH/c3-1-2-4;/h1-2,4H2;1H. The summed E-state index contributed by atoms with van der Waals surface area (Å²) in [6.07, 6.45) is 0. The molecule has 0 unspecified atom stereocenters. The minimum absolute atomic E-state index is 0. The summed E-state index contributed by atoms with van der Waals surface area (Å²) in [7, 11) is 0. The van der Waals surface area contributed by atoms with E-state index in [0.717, 1.165) is 11.9 Å². The molecule has 0 aliphatic heterocycles. The molecule has 3 heteroatoms. The quantitative estimate of drug-likeness (QED) is 0.563. The van der Waals surface area contributed by atoms with Gasteiger partial charge in [-0.3, -0.25) is 0 Å². The Bertz CT molecular complexity index is 11.6. The maximum Gasteiger partial charge on any atom is 0.0154 e. The van der Waals surface area contributed by atoms with Gasteiger partial charge in [-0.25, -0.2) is 0 Å². The maximum absolute atomic E-state index is 4.98. The first-order chi connectivity index (χ1) is 1.91. The van der Waals surface area contributed by atoms with Crippen molar-refractivity contribution in [1.82, 2.24) is 0 Å². The molecule has 34 valence electrons. The zero-order valence-corrected chi connectivity index (χ0v) is 5.18. The van der Waals surface area contributed by atoms with Crippen molar-refractivity contribution < 1.29 is 0 Å². The van der Waals surface area contributed by atoms with Crippen LogP contribution in [0.1, 0.15) is 0 Å². The first-order valence-corrected chi connectivity index (χ1v) is 2.30. The lowest BCUT2D eigenvalue weighted by Crippen LogP contribution is -1.97. The van der Waals surface area contributed by atoms with Crippen LogP contribution in [0.25, 0.3) is 0 Å². The van der Waals surface area contributed by atoms with Gasteiger partial charge in [0, 0.05) is 11.9 Å². The van der Waals surface area contributed by atoms with Crippen LogP contribution < -0.4 is 5.73 Å². The minimum atomic E-state index is 0. The molecule has 0 rings (SSSR count). The Kier molecular flexibility index (Phi) is 16.3. The summed E-state index contributed by atoms with van der Waals surface area (Å²) in [5.41, 5.74) is 4.98. The van der Waals surface area contributed by atoms with Crippen molar-refractivity contribution in [3.05, 3.63) is 0 Å². The van der Waals surface area contributed by atoms with Crippen molar-refractivity contribution in [2.45, 2.75) is 0 Å². The number of alkyl halides is 1. The van der Waals surface area contributed by atoms with Gasteiger partial charge in [0.1, 0.15) is 0 Å². The molecule has 5 heavy (non-hydrogen) atoms. The van der Waals surface area contributed by atoms with Crippen LogP contribution >= 0.6 is 28.3 Å². The molecule has 0 saturated heterocycles. The highest BCUT2D eigenvalue weighted by molar-refractivity contribution is 9.09. The van der Waals surface area contributed by atoms with Crippen molar-refractivity contribution in [2.75, 3.05) is 11.9 Å². The zero-order valence-electron chi connectivity index (χ0n) is 2.78. The highest BCUT2D eigenvalue weighted by Gasteiger charge is 1.57. The molecule has 0 aliphatic carbocycles. The molecule has 0 aromatic rings. The second-order valence-corrected chi connectivity index (χ2v) is 1.27. The van der Waals surface area contributed by atoms with Crippen LogP contribution in [0.15, 0.2) is 0 Å². The summed E-state index contributed by atoms with van der Waals surface area (Å²) < 4.78 is 0. The molecule has 0 spiro atoms. The van der Waals surface area contributed by atoms with Gasteiger partial charge >= 0.3 is 0 Å². The van der Waals surface area contributed by atoms with Crippen molar-refractivity contribution in [3.63, 3.8) is 0 Å². The molecule has 1 nitrogen and oxygen atoms in total. The highest BCUT2D eigenvalue weighted by Crippen LogP contribution is 1.67.